The maximum atomic E-state index is 12.4. The normalized spacial score (nSPS) is 16.3. The van der Waals surface area contributed by atoms with Crippen molar-refractivity contribution >= 4 is 17.1 Å². The van der Waals surface area contributed by atoms with Gasteiger partial charge in [-0.2, -0.15) is 0 Å². The van der Waals surface area contributed by atoms with Crippen LogP contribution in [0.2, 0.25) is 0 Å². The van der Waals surface area contributed by atoms with Gasteiger partial charge in [0.2, 0.25) is 5.91 Å². The van der Waals surface area contributed by atoms with E-state index in [9.17, 15) is 9.59 Å². The molecule has 1 aliphatic rings. The summed E-state index contributed by atoms with van der Waals surface area (Å²) >= 11 is 0. The summed E-state index contributed by atoms with van der Waals surface area (Å²) in [6, 6.07) is 8.99. The van der Waals surface area contributed by atoms with E-state index in [4.69, 9.17) is 4.98 Å². The van der Waals surface area contributed by atoms with Gasteiger partial charge in [-0.15, -0.1) is 0 Å². The van der Waals surface area contributed by atoms with E-state index >= 15 is 0 Å². The summed E-state index contributed by atoms with van der Waals surface area (Å²) < 4.78 is 1.60. The molecule has 0 radical (unpaired) electrons. The van der Waals surface area contributed by atoms with E-state index in [0.29, 0.717) is 5.65 Å². The minimum Gasteiger partial charge on any atom is -0.340 e. The third-order valence-electron chi connectivity index (χ3n) is 6.98. The number of fused-ring (bicyclic) bond motifs is 1. The molecule has 1 unspecified atom stereocenters. The Morgan fingerprint density at radius 1 is 1.15 bits per heavy atom. The van der Waals surface area contributed by atoms with Crippen LogP contribution in [0.25, 0.3) is 22.4 Å². The van der Waals surface area contributed by atoms with Crippen LogP contribution in [0.1, 0.15) is 57.4 Å². The third kappa shape index (κ3) is 4.80. The Labute approximate surface area is 201 Å². The maximum absolute atomic E-state index is 12.4. The van der Waals surface area contributed by atoms with E-state index in [0.717, 1.165) is 60.5 Å². The number of hydrogen-bond acceptors (Lipinski definition) is 4. The Morgan fingerprint density at radius 2 is 1.82 bits per heavy atom. The number of rotatable bonds is 4. The first-order valence-electron chi connectivity index (χ1n) is 12.1. The van der Waals surface area contributed by atoms with Crippen LogP contribution in [-0.4, -0.2) is 56.4 Å². The highest BCUT2D eigenvalue weighted by Crippen LogP contribution is 2.32. The van der Waals surface area contributed by atoms with Crippen molar-refractivity contribution in [2.45, 2.75) is 54.0 Å². The second kappa shape index (κ2) is 9.02. The predicted molar refractivity (Wildman–Crippen MR) is 137 cm³/mol. The number of pyridine rings is 1. The molecule has 1 saturated heterocycles. The van der Waals surface area contributed by atoms with Gasteiger partial charge in [-0.05, 0) is 54.5 Å². The number of aryl methyl sites for hydroxylation is 2. The highest BCUT2D eigenvalue weighted by atomic mass is 16.2. The van der Waals surface area contributed by atoms with Crippen molar-refractivity contribution in [1.29, 1.82) is 0 Å². The topological polar surface area (TPSA) is 74.2 Å². The van der Waals surface area contributed by atoms with Crippen LogP contribution < -0.4 is 5.69 Å². The fraction of sp³-hybridized carbons (Fsp3) is 0.519. The third-order valence-corrected chi connectivity index (χ3v) is 6.98. The van der Waals surface area contributed by atoms with Crippen LogP contribution >= 0.6 is 0 Å². The van der Waals surface area contributed by atoms with Crippen LogP contribution in [0.5, 0.6) is 0 Å². The summed E-state index contributed by atoms with van der Waals surface area (Å²) in [5.41, 5.74) is 6.96. The predicted octanol–water partition coefficient (Wildman–Crippen LogP) is 4.05. The number of carbonyl (C=O) groups is 1. The standard InChI is InChI=1S/C27H37N5O2/c1-17-8-9-20(18(2)31-10-12-32(13-11-31)19(3)33)14-22(17)23-15-21(16-27(4,5)6)24-25(28-23)30(7)26(34)29-24/h8-9,14-15,18H,10-13,16H2,1-7H3,(H,29,34). The zero-order valence-electron chi connectivity index (χ0n) is 21.5. The molecule has 2 aromatic heterocycles. The van der Waals surface area contributed by atoms with Gasteiger partial charge in [0.05, 0.1) is 11.2 Å². The lowest BCUT2D eigenvalue weighted by atomic mass is 9.87. The second-order valence-electron chi connectivity index (χ2n) is 10.9. The Balaban J connectivity index is 1.73. The molecule has 0 saturated carbocycles. The second-order valence-corrected chi connectivity index (χ2v) is 10.9. The van der Waals surface area contributed by atoms with Crippen LogP contribution in [0, 0.1) is 12.3 Å². The smallest absolute Gasteiger partial charge is 0.327 e. The average molecular weight is 464 g/mol. The first kappa shape index (κ1) is 24.2. The molecule has 7 heteroatoms. The molecule has 1 fully saturated rings. The Hall–Kier alpha value is -2.93. The van der Waals surface area contributed by atoms with Gasteiger partial charge in [0.1, 0.15) is 0 Å². The van der Waals surface area contributed by atoms with Gasteiger partial charge in [-0.3, -0.25) is 14.3 Å². The van der Waals surface area contributed by atoms with Gasteiger partial charge in [-0.25, -0.2) is 9.78 Å². The summed E-state index contributed by atoms with van der Waals surface area (Å²) in [7, 11) is 1.77. The summed E-state index contributed by atoms with van der Waals surface area (Å²) in [5, 5.41) is 0. The SMILES string of the molecule is CC(=O)N1CCN(C(C)c2ccc(C)c(-c3cc(CC(C)(C)C)c4[nH]c(=O)n(C)c4n3)c2)CC1. The molecule has 1 amide bonds. The summed E-state index contributed by atoms with van der Waals surface area (Å²) in [6.45, 7) is 15.9. The molecule has 1 aliphatic heterocycles. The number of nitrogens with one attached hydrogen (secondary N) is 1. The Bertz CT molecular complexity index is 1270. The van der Waals surface area contributed by atoms with Gasteiger partial charge >= 0.3 is 5.69 Å². The lowest BCUT2D eigenvalue weighted by Gasteiger charge is -2.38. The molecule has 0 spiro atoms. The van der Waals surface area contributed by atoms with Gasteiger partial charge < -0.3 is 9.88 Å². The van der Waals surface area contributed by atoms with E-state index in [2.05, 4.69) is 68.8 Å². The maximum Gasteiger partial charge on any atom is 0.327 e. The van der Waals surface area contributed by atoms with Gasteiger partial charge in [-0.1, -0.05) is 32.9 Å². The van der Waals surface area contributed by atoms with E-state index in [1.807, 2.05) is 4.90 Å². The molecule has 0 aliphatic carbocycles. The molecule has 1 N–H and O–H groups in total. The molecule has 1 atom stereocenters. The molecular weight excluding hydrogens is 426 g/mol. The monoisotopic (exact) mass is 463 g/mol. The zero-order chi connectivity index (χ0) is 24.8. The van der Waals surface area contributed by atoms with Crippen molar-refractivity contribution in [2.75, 3.05) is 26.2 Å². The van der Waals surface area contributed by atoms with Gasteiger partial charge in [0.15, 0.2) is 5.65 Å². The summed E-state index contributed by atoms with van der Waals surface area (Å²) in [5.74, 6) is 0.150. The number of nitrogens with zero attached hydrogens (tertiary/aromatic N) is 4. The van der Waals surface area contributed by atoms with Crippen molar-refractivity contribution < 1.29 is 4.79 Å². The molecule has 182 valence electrons. The van der Waals surface area contributed by atoms with Gasteiger partial charge in [0.25, 0.3) is 0 Å². The lowest BCUT2D eigenvalue weighted by molar-refractivity contribution is -0.130. The number of imidazole rings is 1. The van der Waals surface area contributed by atoms with Crippen LogP contribution in [0.4, 0.5) is 0 Å². The van der Waals surface area contributed by atoms with Crippen LogP contribution in [0.3, 0.4) is 0 Å². The highest BCUT2D eigenvalue weighted by molar-refractivity contribution is 5.80. The highest BCUT2D eigenvalue weighted by Gasteiger charge is 2.24. The van der Waals surface area contributed by atoms with Crippen LogP contribution in [0.15, 0.2) is 29.1 Å². The van der Waals surface area contributed by atoms with E-state index in [1.165, 1.54) is 5.56 Å². The minimum absolute atomic E-state index is 0.0751. The van der Waals surface area contributed by atoms with Gasteiger partial charge in [0, 0.05) is 51.8 Å². The number of H-pyrrole nitrogens is 1. The summed E-state index contributed by atoms with van der Waals surface area (Å²) in [4.78, 5) is 36.4. The molecule has 7 nitrogen and oxygen atoms in total. The first-order chi connectivity index (χ1) is 15.9. The number of hydrogen-bond donors (Lipinski definition) is 1. The zero-order valence-corrected chi connectivity index (χ0v) is 21.5. The van der Waals surface area contributed by atoms with E-state index in [1.54, 1.807) is 18.5 Å². The Morgan fingerprint density at radius 3 is 2.44 bits per heavy atom. The quantitative estimate of drug-likeness (QED) is 0.633. The largest absolute Gasteiger partial charge is 0.340 e. The number of piperazine rings is 1. The number of amides is 1. The molecule has 4 rings (SSSR count). The van der Waals surface area contributed by atoms with Crippen molar-refractivity contribution in [3.8, 4) is 11.3 Å². The molecule has 3 heterocycles. The molecule has 34 heavy (non-hydrogen) atoms. The Kier molecular flexibility index (Phi) is 6.42. The molecule has 3 aromatic rings. The fourth-order valence-electron chi connectivity index (χ4n) is 4.91. The number of benzene rings is 1. The van der Waals surface area contributed by atoms with E-state index in [-0.39, 0.29) is 23.1 Å². The average Bonchev–Trinajstić information content (AvgIpc) is 3.07. The van der Waals surface area contributed by atoms with Crippen molar-refractivity contribution in [3.63, 3.8) is 0 Å². The molecule has 0 bridgehead atoms. The number of carbonyl (C=O) groups excluding carboxylic acids is 1. The lowest BCUT2D eigenvalue weighted by Crippen LogP contribution is -2.48. The molecule has 1 aromatic carbocycles. The number of aromatic nitrogens is 3. The molecular formula is C27H37N5O2. The minimum atomic E-state index is -0.140. The first-order valence-corrected chi connectivity index (χ1v) is 12.1. The van der Waals surface area contributed by atoms with Crippen molar-refractivity contribution in [1.82, 2.24) is 24.3 Å². The fourth-order valence-corrected chi connectivity index (χ4v) is 4.91. The van der Waals surface area contributed by atoms with Crippen molar-refractivity contribution in [2.24, 2.45) is 12.5 Å². The summed E-state index contributed by atoms with van der Waals surface area (Å²) in [6.07, 6.45) is 0.842. The van der Waals surface area contributed by atoms with Crippen LogP contribution in [-0.2, 0) is 18.3 Å². The van der Waals surface area contributed by atoms with E-state index < -0.39 is 0 Å². The number of aromatic amines is 1. The van der Waals surface area contributed by atoms with Crippen molar-refractivity contribution in [3.05, 3.63) is 51.4 Å².